The fourth-order valence-electron chi connectivity index (χ4n) is 0.718. The molecule has 1 aliphatic rings. The monoisotopic (exact) mass is 144 g/mol. The molecule has 0 aromatic heterocycles. The van der Waals surface area contributed by atoms with Crippen LogP contribution in [0.1, 0.15) is 12.8 Å². The quantitative estimate of drug-likeness (QED) is 0.593. The number of halogens is 1. The highest BCUT2D eigenvalue weighted by Gasteiger charge is 2.01. The van der Waals surface area contributed by atoms with Crippen molar-refractivity contribution in [2.45, 2.75) is 12.8 Å². The first-order chi connectivity index (χ1) is 4.33. The number of rotatable bonds is 1. The zero-order valence-electron chi connectivity index (χ0n) is 5.32. The third-order valence-corrected chi connectivity index (χ3v) is 1.46. The van der Waals surface area contributed by atoms with Crippen LogP contribution in [0, 0.1) is 0 Å². The largest absolute Gasteiger partial charge is 0.373 e. The molecule has 0 spiro atoms. The van der Waals surface area contributed by atoms with Crippen molar-refractivity contribution in [1.82, 2.24) is 5.32 Å². The van der Waals surface area contributed by atoms with E-state index >= 15 is 0 Å². The van der Waals surface area contributed by atoms with Gasteiger partial charge in [-0.3, -0.25) is 0 Å². The average Bonchev–Trinajstić information content (AvgIpc) is 1.88. The van der Waals surface area contributed by atoms with Crippen molar-refractivity contribution in [3.05, 3.63) is 11.9 Å². The van der Waals surface area contributed by atoms with Crippen LogP contribution in [0.5, 0.6) is 0 Å². The summed E-state index contributed by atoms with van der Waals surface area (Å²) < 4.78 is 0. The third kappa shape index (κ3) is 1.72. The number of aliphatic imine (C=N–C) groups is 1. The molecule has 3 heteroatoms. The second-order valence-electron chi connectivity index (χ2n) is 1.87. The number of nitrogens with one attached hydrogen (secondary N) is 1. The molecule has 0 saturated heterocycles. The molecular weight excluding hydrogens is 136 g/mol. The second kappa shape index (κ2) is 2.87. The van der Waals surface area contributed by atoms with Gasteiger partial charge in [-0.25, -0.2) is 4.99 Å². The van der Waals surface area contributed by atoms with Crippen molar-refractivity contribution in [2.24, 2.45) is 4.99 Å². The van der Waals surface area contributed by atoms with Crippen LogP contribution in [0.4, 0.5) is 0 Å². The summed E-state index contributed by atoms with van der Waals surface area (Å²) in [6.07, 6.45) is 3.91. The summed E-state index contributed by atoms with van der Waals surface area (Å²) in [5, 5.41) is 3.62. The van der Waals surface area contributed by atoms with Crippen LogP contribution in [-0.2, 0) is 0 Å². The summed E-state index contributed by atoms with van der Waals surface area (Å²) in [4.78, 5) is 4.03. The van der Waals surface area contributed by atoms with Gasteiger partial charge in [0, 0.05) is 13.5 Å². The van der Waals surface area contributed by atoms with E-state index in [1.807, 2.05) is 13.1 Å². The van der Waals surface area contributed by atoms with E-state index in [4.69, 9.17) is 11.6 Å². The van der Waals surface area contributed by atoms with Crippen LogP contribution < -0.4 is 5.32 Å². The van der Waals surface area contributed by atoms with Crippen LogP contribution in [0.3, 0.4) is 0 Å². The molecule has 0 radical (unpaired) electrons. The average molecular weight is 145 g/mol. The van der Waals surface area contributed by atoms with Crippen molar-refractivity contribution >= 4 is 16.8 Å². The molecule has 1 heterocycles. The Morgan fingerprint density at radius 2 is 2.56 bits per heavy atom. The SMILES string of the molecule is CNC1=CCCC(Cl)=N1. The Morgan fingerprint density at radius 1 is 1.78 bits per heavy atom. The molecule has 0 atom stereocenters. The van der Waals surface area contributed by atoms with Gasteiger partial charge in [0.2, 0.25) is 0 Å². The standard InChI is InChI=1S/C6H9ClN2/c1-8-6-4-2-3-5(7)9-6/h4,8H,2-3H2,1H3. The van der Waals surface area contributed by atoms with E-state index < -0.39 is 0 Å². The number of allylic oxidation sites excluding steroid dienone is 1. The van der Waals surface area contributed by atoms with Gasteiger partial charge in [0.25, 0.3) is 0 Å². The summed E-state index contributed by atoms with van der Waals surface area (Å²) >= 11 is 5.66. The Labute approximate surface area is 59.6 Å². The summed E-state index contributed by atoms with van der Waals surface area (Å²) in [5.41, 5.74) is 0. The van der Waals surface area contributed by atoms with Crippen LogP contribution >= 0.6 is 11.6 Å². The van der Waals surface area contributed by atoms with E-state index in [0.29, 0.717) is 5.17 Å². The summed E-state index contributed by atoms with van der Waals surface area (Å²) in [6.45, 7) is 0. The van der Waals surface area contributed by atoms with Crippen LogP contribution in [0.2, 0.25) is 0 Å². The molecule has 50 valence electrons. The van der Waals surface area contributed by atoms with Gasteiger partial charge in [-0.05, 0) is 12.5 Å². The molecule has 1 rings (SSSR count). The number of nitrogens with zero attached hydrogens (tertiary/aromatic N) is 1. The zero-order chi connectivity index (χ0) is 6.69. The smallest absolute Gasteiger partial charge is 0.123 e. The Kier molecular flexibility index (Phi) is 2.11. The Hall–Kier alpha value is -0.500. The fraction of sp³-hybridized carbons (Fsp3) is 0.500. The van der Waals surface area contributed by atoms with Gasteiger partial charge in [0.05, 0.1) is 0 Å². The van der Waals surface area contributed by atoms with E-state index in [9.17, 15) is 0 Å². The third-order valence-electron chi connectivity index (χ3n) is 1.19. The maximum absolute atomic E-state index is 5.66. The van der Waals surface area contributed by atoms with Gasteiger partial charge in [-0.2, -0.15) is 0 Å². The van der Waals surface area contributed by atoms with Gasteiger partial charge < -0.3 is 5.32 Å². The minimum absolute atomic E-state index is 0.696. The second-order valence-corrected chi connectivity index (χ2v) is 2.30. The molecule has 1 N–H and O–H groups in total. The van der Waals surface area contributed by atoms with Crippen molar-refractivity contribution in [3.8, 4) is 0 Å². The van der Waals surface area contributed by atoms with Crippen molar-refractivity contribution in [2.75, 3.05) is 7.05 Å². The molecular formula is C6H9ClN2. The van der Waals surface area contributed by atoms with Crippen LogP contribution in [0.25, 0.3) is 0 Å². The number of hydrogen-bond acceptors (Lipinski definition) is 2. The van der Waals surface area contributed by atoms with E-state index in [1.54, 1.807) is 0 Å². The summed E-state index contributed by atoms with van der Waals surface area (Å²) in [7, 11) is 1.84. The molecule has 2 nitrogen and oxygen atoms in total. The molecule has 0 amide bonds. The molecule has 9 heavy (non-hydrogen) atoms. The predicted octanol–water partition coefficient (Wildman–Crippen LogP) is 1.48. The molecule has 0 bridgehead atoms. The molecule has 0 aromatic carbocycles. The van der Waals surface area contributed by atoms with E-state index in [2.05, 4.69) is 10.3 Å². The zero-order valence-corrected chi connectivity index (χ0v) is 6.07. The van der Waals surface area contributed by atoms with Crippen LogP contribution in [-0.4, -0.2) is 12.2 Å². The molecule has 0 aromatic rings. The lowest BCUT2D eigenvalue weighted by Crippen LogP contribution is -2.08. The van der Waals surface area contributed by atoms with Gasteiger partial charge in [0.15, 0.2) is 0 Å². The highest BCUT2D eigenvalue weighted by molar-refractivity contribution is 6.65. The normalized spacial score (nSPS) is 18.4. The summed E-state index contributed by atoms with van der Waals surface area (Å²) in [5.74, 6) is 0.881. The first-order valence-electron chi connectivity index (χ1n) is 2.94. The molecule has 0 saturated carbocycles. The minimum Gasteiger partial charge on any atom is -0.373 e. The Balaban J connectivity index is 2.63. The first kappa shape index (κ1) is 6.62. The van der Waals surface area contributed by atoms with Crippen molar-refractivity contribution < 1.29 is 0 Å². The maximum atomic E-state index is 5.66. The van der Waals surface area contributed by atoms with E-state index in [1.165, 1.54) is 0 Å². The highest BCUT2D eigenvalue weighted by atomic mass is 35.5. The topological polar surface area (TPSA) is 24.4 Å². The van der Waals surface area contributed by atoms with Crippen molar-refractivity contribution in [3.63, 3.8) is 0 Å². The van der Waals surface area contributed by atoms with Crippen molar-refractivity contribution in [1.29, 1.82) is 0 Å². The minimum atomic E-state index is 0.696. The Morgan fingerprint density at radius 3 is 3.00 bits per heavy atom. The van der Waals surface area contributed by atoms with Gasteiger partial charge in [0.1, 0.15) is 11.0 Å². The lowest BCUT2D eigenvalue weighted by atomic mass is 10.3. The predicted molar refractivity (Wildman–Crippen MR) is 39.7 cm³/mol. The molecule has 0 fully saturated rings. The highest BCUT2D eigenvalue weighted by Crippen LogP contribution is 2.09. The summed E-state index contributed by atoms with van der Waals surface area (Å²) in [6, 6.07) is 0. The lowest BCUT2D eigenvalue weighted by Gasteiger charge is -2.06. The first-order valence-corrected chi connectivity index (χ1v) is 3.31. The fourth-order valence-corrected chi connectivity index (χ4v) is 0.918. The van der Waals surface area contributed by atoms with Gasteiger partial charge in [-0.1, -0.05) is 11.6 Å². The van der Waals surface area contributed by atoms with E-state index in [-0.39, 0.29) is 0 Å². The molecule has 0 unspecified atom stereocenters. The van der Waals surface area contributed by atoms with E-state index in [0.717, 1.165) is 18.7 Å². The van der Waals surface area contributed by atoms with Gasteiger partial charge in [-0.15, -0.1) is 0 Å². The van der Waals surface area contributed by atoms with Crippen LogP contribution in [0.15, 0.2) is 16.9 Å². The number of hydrogen-bond donors (Lipinski definition) is 1. The lowest BCUT2D eigenvalue weighted by molar-refractivity contribution is 0.908. The maximum Gasteiger partial charge on any atom is 0.123 e. The Bertz CT molecular complexity index is 160. The molecule has 1 aliphatic heterocycles. The molecule has 0 aliphatic carbocycles. The van der Waals surface area contributed by atoms with Gasteiger partial charge >= 0.3 is 0 Å².